The first-order valence-electron chi connectivity index (χ1n) is 6.25. The van der Waals surface area contributed by atoms with Crippen LogP contribution in [0, 0.1) is 5.92 Å². The average molecular weight is 313 g/mol. The van der Waals surface area contributed by atoms with Gasteiger partial charge in [0.25, 0.3) is 0 Å². The first-order chi connectivity index (χ1) is 9.58. The first-order valence-corrected chi connectivity index (χ1v) is 8.28. The standard InChI is InChI=1S/C14H19NO3S2/c1-20-9-12(14(17)18)15-13(16)11(8-19)7-10-5-3-2-4-6-10/h2-6,11-12,19H,7-9H2,1H3,(H,15,16)(H,17,18)/t11-,12-/m1/s1. The molecule has 4 nitrogen and oxygen atoms in total. The third-order valence-corrected chi connectivity index (χ3v) is 3.97. The normalized spacial score (nSPS) is 13.5. The molecule has 0 radical (unpaired) electrons. The Kier molecular flexibility index (Phi) is 7.54. The van der Waals surface area contributed by atoms with Crippen molar-refractivity contribution >= 4 is 36.3 Å². The van der Waals surface area contributed by atoms with Crippen LogP contribution in [0.15, 0.2) is 30.3 Å². The van der Waals surface area contributed by atoms with Gasteiger partial charge in [0.05, 0.1) is 5.92 Å². The summed E-state index contributed by atoms with van der Waals surface area (Å²) in [7, 11) is 0. The highest BCUT2D eigenvalue weighted by Gasteiger charge is 2.24. The molecule has 0 aliphatic carbocycles. The van der Waals surface area contributed by atoms with Gasteiger partial charge < -0.3 is 10.4 Å². The summed E-state index contributed by atoms with van der Waals surface area (Å²) in [6.07, 6.45) is 2.37. The summed E-state index contributed by atoms with van der Waals surface area (Å²) in [5, 5.41) is 11.6. The van der Waals surface area contributed by atoms with Gasteiger partial charge in [-0.15, -0.1) is 0 Å². The summed E-state index contributed by atoms with van der Waals surface area (Å²) in [6, 6.07) is 8.78. The van der Waals surface area contributed by atoms with E-state index in [4.69, 9.17) is 5.11 Å². The molecule has 0 spiro atoms. The lowest BCUT2D eigenvalue weighted by Crippen LogP contribution is -2.46. The molecule has 0 fully saturated rings. The largest absolute Gasteiger partial charge is 0.480 e. The van der Waals surface area contributed by atoms with Crippen molar-refractivity contribution in [3.8, 4) is 0 Å². The van der Waals surface area contributed by atoms with Crippen molar-refractivity contribution in [3.05, 3.63) is 35.9 Å². The Morgan fingerprint density at radius 2 is 2.00 bits per heavy atom. The number of hydrogen-bond acceptors (Lipinski definition) is 4. The fourth-order valence-electron chi connectivity index (χ4n) is 1.77. The number of thioether (sulfide) groups is 1. The van der Waals surface area contributed by atoms with Crippen LogP contribution < -0.4 is 5.32 Å². The van der Waals surface area contributed by atoms with Crippen molar-refractivity contribution in [2.24, 2.45) is 5.92 Å². The molecule has 2 N–H and O–H groups in total. The van der Waals surface area contributed by atoms with Gasteiger partial charge in [0.1, 0.15) is 6.04 Å². The Morgan fingerprint density at radius 1 is 1.35 bits per heavy atom. The maximum atomic E-state index is 12.1. The van der Waals surface area contributed by atoms with Gasteiger partial charge in [-0.25, -0.2) is 4.79 Å². The molecule has 1 aromatic carbocycles. The van der Waals surface area contributed by atoms with Crippen molar-refractivity contribution in [1.29, 1.82) is 0 Å². The quantitative estimate of drug-likeness (QED) is 0.639. The van der Waals surface area contributed by atoms with Crippen molar-refractivity contribution in [2.45, 2.75) is 12.5 Å². The van der Waals surface area contributed by atoms with E-state index in [-0.39, 0.29) is 11.8 Å². The minimum Gasteiger partial charge on any atom is -0.480 e. The van der Waals surface area contributed by atoms with Gasteiger partial charge in [0.15, 0.2) is 0 Å². The Morgan fingerprint density at radius 3 is 2.50 bits per heavy atom. The second-order valence-corrected chi connectivity index (χ2v) is 5.70. The van der Waals surface area contributed by atoms with Crippen molar-refractivity contribution < 1.29 is 14.7 Å². The van der Waals surface area contributed by atoms with Crippen LogP contribution in [0.1, 0.15) is 5.56 Å². The van der Waals surface area contributed by atoms with Crippen LogP contribution in [0.4, 0.5) is 0 Å². The second kappa shape index (κ2) is 8.92. The molecule has 1 rings (SSSR count). The first kappa shape index (κ1) is 16.9. The summed E-state index contributed by atoms with van der Waals surface area (Å²) in [5.74, 6) is -0.863. The number of thiol groups is 1. The van der Waals surface area contributed by atoms with Crippen LogP contribution >= 0.6 is 24.4 Å². The lowest BCUT2D eigenvalue weighted by atomic mass is 10.00. The molecule has 1 amide bonds. The summed E-state index contributed by atoms with van der Waals surface area (Å²) in [4.78, 5) is 23.2. The molecule has 0 aromatic heterocycles. The number of hydrogen-bond donors (Lipinski definition) is 3. The van der Waals surface area contributed by atoms with Crippen LogP contribution in [0.5, 0.6) is 0 Å². The summed E-state index contributed by atoms with van der Waals surface area (Å²) in [5.41, 5.74) is 1.04. The zero-order valence-corrected chi connectivity index (χ0v) is 13.0. The van der Waals surface area contributed by atoms with Gasteiger partial charge in [-0.1, -0.05) is 30.3 Å². The van der Waals surface area contributed by atoms with Crippen LogP contribution in [0.2, 0.25) is 0 Å². The summed E-state index contributed by atoms with van der Waals surface area (Å²) >= 11 is 5.59. The molecule has 110 valence electrons. The Bertz CT molecular complexity index is 439. The van der Waals surface area contributed by atoms with E-state index in [9.17, 15) is 9.59 Å². The number of benzene rings is 1. The van der Waals surface area contributed by atoms with E-state index in [0.29, 0.717) is 17.9 Å². The lowest BCUT2D eigenvalue weighted by Gasteiger charge is -2.18. The lowest BCUT2D eigenvalue weighted by molar-refractivity contribution is -0.141. The van der Waals surface area contributed by atoms with E-state index in [1.807, 2.05) is 36.6 Å². The molecular weight excluding hydrogens is 294 g/mol. The Hall–Kier alpha value is -1.14. The van der Waals surface area contributed by atoms with E-state index >= 15 is 0 Å². The van der Waals surface area contributed by atoms with Gasteiger partial charge in [0.2, 0.25) is 5.91 Å². The highest BCUT2D eigenvalue weighted by atomic mass is 32.2. The molecule has 0 aliphatic heterocycles. The topological polar surface area (TPSA) is 66.4 Å². The van der Waals surface area contributed by atoms with Crippen molar-refractivity contribution in [3.63, 3.8) is 0 Å². The minimum absolute atomic E-state index is 0.259. The summed E-state index contributed by atoms with van der Waals surface area (Å²) in [6.45, 7) is 0. The Labute approximate surface area is 128 Å². The highest BCUT2D eigenvalue weighted by Crippen LogP contribution is 2.11. The van der Waals surface area contributed by atoms with Gasteiger partial charge in [0, 0.05) is 11.5 Å². The Balaban J connectivity index is 2.64. The SMILES string of the molecule is CSC[C@@H](NC(=O)[C@@H](CS)Cc1ccccc1)C(=O)O. The molecule has 1 aromatic rings. The van der Waals surface area contributed by atoms with Crippen LogP contribution in [0.25, 0.3) is 0 Å². The second-order valence-electron chi connectivity index (χ2n) is 4.42. The van der Waals surface area contributed by atoms with Gasteiger partial charge in [-0.2, -0.15) is 24.4 Å². The average Bonchev–Trinajstić information content (AvgIpc) is 2.45. The van der Waals surface area contributed by atoms with E-state index in [0.717, 1.165) is 5.56 Å². The fourth-order valence-corrected chi connectivity index (χ4v) is 2.62. The van der Waals surface area contributed by atoms with Crippen LogP contribution in [-0.4, -0.2) is 40.8 Å². The van der Waals surface area contributed by atoms with E-state index in [2.05, 4.69) is 17.9 Å². The van der Waals surface area contributed by atoms with Crippen LogP contribution in [-0.2, 0) is 16.0 Å². The monoisotopic (exact) mass is 313 g/mol. The predicted molar refractivity (Wildman–Crippen MR) is 85.4 cm³/mol. The molecule has 0 saturated heterocycles. The number of amides is 1. The zero-order chi connectivity index (χ0) is 15.0. The smallest absolute Gasteiger partial charge is 0.327 e. The van der Waals surface area contributed by atoms with Gasteiger partial charge >= 0.3 is 5.97 Å². The molecule has 2 atom stereocenters. The molecule has 6 heteroatoms. The fraction of sp³-hybridized carbons (Fsp3) is 0.429. The van der Waals surface area contributed by atoms with E-state index in [1.54, 1.807) is 0 Å². The predicted octanol–water partition coefficient (Wildman–Crippen LogP) is 1.71. The van der Waals surface area contributed by atoms with Crippen molar-refractivity contribution in [2.75, 3.05) is 17.8 Å². The number of carboxylic acid groups (broad SMARTS) is 1. The maximum Gasteiger partial charge on any atom is 0.327 e. The molecular formula is C14H19NO3S2. The number of carbonyl (C=O) groups is 2. The zero-order valence-electron chi connectivity index (χ0n) is 11.3. The molecule has 0 bridgehead atoms. The van der Waals surface area contributed by atoms with E-state index < -0.39 is 12.0 Å². The number of carbonyl (C=O) groups excluding carboxylic acids is 1. The van der Waals surface area contributed by atoms with E-state index in [1.165, 1.54) is 11.8 Å². The molecule has 0 unspecified atom stereocenters. The van der Waals surface area contributed by atoms with Crippen molar-refractivity contribution in [1.82, 2.24) is 5.32 Å². The van der Waals surface area contributed by atoms with Crippen LogP contribution in [0.3, 0.4) is 0 Å². The number of aliphatic carboxylic acids is 1. The number of nitrogens with one attached hydrogen (secondary N) is 1. The van der Waals surface area contributed by atoms with Gasteiger partial charge in [-0.05, 0) is 18.2 Å². The summed E-state index contributed by atoms with van der Waals surface area (Å²) < 4.78 is 0. The number of carboxylic acids is 1. The molecule has 0 heterocycles. The molecule has 0 saturated carbocycles. The molecule has 0 aliphatic rings. The number of rotatable bonds is 8. The van der Waals surface area contributed by atoms with Gasteiger partial charge in [-0.3, -0.25) is 4.79 Å². The maximum absolute atomic E-state index is 12.1. The molecule has 20 heavy (non-hydrogen) atoms. The minimum atomic E-state index is -1.01. The third kappa shape index (κ3) is 5.46. The third-order valence-electron chi connectivity index (χ3n) is 2.86. The highest BCUT2D eigenvalue weighted by molar-refractivity contribution is 7.98.